The lowest BCUT2D eigenvalue weighted by atomic mass is 9.63. The molecular weight excluding hydrogens is 122 g/mol. The van der Waals surface area contributed by atoms with Crippen molar-refractivity contribution in [3.8, 4) is 0 Å². The third-order valence-corrected chi connectivity index (χ3v) is 1.69. The Bertz CT molecular complexity index is 83.5. The maximum atomic E-state index is 12.7. The fourth-order valence-corrected chi connectivity index (χ4v) is 1.94. The maximum absolute atomic E-state index is 12.7. The van der Waals surface area contributed by atoms with Gasteiger partial charge in [-0.05, 0) is 25.2 Å². The molecule has 1 rings (SSSR count). The van der Waals surface area contributed by atoms with Gasteiger partial charge in [0.05, 0.1) is 0 Å². The molecule has 0 spiro atoms. The molecule has 0 N–H and O–H groups in total. The Morgan fingerprint density at radius 3 is 1.44 bits per heavy atom. The molecule has 1 fully saturated rings. The second kappa shape index (κ2) is 1.93. The van der Waals surface area contributed by atoms with E-state index in [1.807, 2.05) is 0 Å². The molecule has 56 valence electrons. The molecule has 0 aliphatic heterocycles. The molecule has 0 amide bonds. The Morgan fingerprint density at radius 2 is 1.44 bits per heavy atom. The van der Waals surface area contributed by atoms with Gasteiger partial charge in [0.2, 0.25) is 0 Å². The van der Waals surface area contributed by atoms with Crippen molar-refractivity contribution in [2.75, 3.05) is 0 Å². The van der Waals surface area contributed by atoms with Crippen LogP contribution in [-0.4, -0.2) is 5.67 Å². The summed E-state index contributed by atoms with van der Waals surface area (Å²) >= 11 is 0. The van der Waals surface area contributed by atoms with E-state index in [4.69, 9.17) is 0 Å². The second-order valence-corrected chi connectivity index (χ2v) is 3.93. The highest BCUT2D eigenvalue weighted by Gasteiger charge is 2.45. The largest absolute Gasteiger partial charge is 0.269 e. The van der Waals surface area contributed by atoms with Crippen molar-refractivity contribution in [2.45, 2.75) is 39.3 Å². The number of hydrogen-bond donors (Lipinski definition) is 0. The quantitative estimate of drug-likeness (QED) is 0.480. The van der Waals surface area contributed by atoms with Crippen LogP contribution in [0.1, 0.15) is 33.6 Å². The first kappa shape index (κ1) is 8.86. The molecule has 0 nitrogen and oxygen atoms in total. The standard InChI is InChI=1S/C7H13F.FH/c1-6(2)4-7(3,8)5-6;/h4-5H2,1-3H3;1H. The Hall–Kier alpha value is -0.140. The van der Waals surface area contributed by atoms with E-state index in [1.165, 1.54) is 0 Å². The first-order valence-corrected chi connectivity index (χ1v) is 3.10. The zero-order valence-corrected chi connectivity index (χ0v) is 6.20. The summed E-state index contributed by atoms with van der Waals surface area (Å²) in [7, 11) is 0. The van der Waals surface area contributed by atoms with Crippen molar-refractivity contribution in [1.29, 1.82) is 0 Å². The molecular formula is C7H14F2. The predicted molar refractivity (Wildman–Crippen MR) is 35.0 cm³/mol. The van der Waals surface area contributed by atoms with Crippen molar-refractivity contribution < 1.29 is 9.09 Å². The lowest BCUT2D eigenvalue weighted by molar-refractivity contribution is -0.0299. The van der Waals surface area contributed by atoms with Gasteiger partial charge in [-0.3, -0.25) is 4.70 Å². The lowest BCUT2D eigenvalue weighted by Gasteiger charge is -2.45. The van der Waals surface area contributed by atoms with Crippen molar-refractivity contribution in [2.24, 2.45) is 5.41 Å². The fraction of sp³-hybridized carbons (Fsp3) is 1.00. The normalized spacial score (nSPS) is 28.0. The molecule has 0 unspecified atom stereocenters. The SMILES string of the molecule is CC1(C)CC(C)(F)C1.F. The van der Waals surface area contributed by atoms with E-state index in [0.29, 0.717) is 0 Å². The van der Waals surface area contributed by atoms with Crippen LogP contribution in [0.5, 0.6) is 0 Å². The maximum Gasteiger partial charge on any atom is 0.109 e. The van der Waals surface area contributed by atoms with Gasteiger partial charge < -0.3 is 0 Å². The van der Waals surface area contributed by atoms with E-state index in [-0.39, 0.29) is 10.1 Å². The molecule has 0 aromatic carbocycles. The van der Waals surface area contributed by atoms with Crippen LogP contribution < -0.4 is 0 Å². The Kier molecular flexibility index (Phi) is 1.90. The summed E-state index contributed by atoms with van der Waals surface area (Å²) in [6, 6.07) is 0. The highest BCUT2D eigenvalue weighted by atomic mass is 19.1. The third-order valence-electron chi connectivity index (χ3n) is 1.69. The van der Waals surface area contributed by atoms with Gasteiger partial charge in [0.15, 0.2) is 0 Å². The monoisotopic (exact) mass is 136 g/mol. The molecule has 1 saturated carbocycles. The minimum atomic E-state index is -0.844. The summed E-state index contributed by atoms with van der Waals surface area (Å²) in [5, 5.41) is 0. The smallest absolute Gasteiger partial charge is 0.109 e. The first-order valence-electron chi connectivity index (χ1n) is 3.10. The molecule has 1 aliphatic rings. The number of halogens is 2. The van der Waals surface area contributed by atoms with Crippen molar-refractivity contribution >= 4 is 0 Å². The van der Waals surface area contributed by atoms with Crippen molar-refractivity contribution in [3.05, 3.63) is 0 Å². The fourth-order valence-electron chi connectivity index (χ4n) is 1.94. The highest BCUT2D eigenvalue weighted by molar-refractivity contribution is 4.96. The number of rotatable bonds is 0. The molecule has 0 heterocycles. The lowest BCUT2D eigenvalue weighted by Crippen LogP contribution is -2.42. The minimum absolute atomic E-state index is 0. The minimum Gasteiger partial charge on any atom is -0.269 e. The van der Waals surface area contributed by atoms with E-state index in [1.54, 1.807) is 6.92 Å². The highest BCUT2D eigenvalue weighted by Crippen LogP contribution is 2.49. The van der Waals surface area contributed by atoms with Crippen molar-refractivity contribution in [1.82, 2.24) is 0 Å². The average molecular weight is 136 g/mol. The summed E-state index contributed by atoms with van der Waals surface area (Å²) in [6.45, 7) is 5.89. The molecule has 1 aliphatic carbocycles. The summed E-state index contributed by atoms with van der Waals surface area (Å²) in [5.41, 5.74) is -0.562. The van der Waals surface area contributed by atoms with Gasteiger partial charge in [-0.1, -0.05) is 13.8 Å². The van der Waals surface area contributed by atoms with E-state index < -0.39 is 5.67 Å². The molecule has 0 bridgehead atoms. The van der Waals surface area contributed by atoms with Gasteiger partial charge in [-0.25, -0.2) is 4.39 Å². The van der Waals surface area contributed by atoms with E-state index in [9.17, 15) is 4.39 Å². The van der Waals surface area contributed by atoms with Crippen LogP contribution in [0.3, 0.4) is 0 Å². The van der Waals surface area contributed by atoms with Crippen LogP contribution in [0.15, 0.2) is 0 Å². The van der Waals surface area contributed by atoms with E-state index in [0.717, 1.165) is 12.8 Å². The van der Waals surface area contributed by atoms with Crippen LogP contribution >= 0.6 is 0 Å². The second-order valence-electron chi connectivity index (χ2n) is 3.93. The zero-order valence-electron chi connectivity index (χ0n) is 6.20. The van der Waals surface area contributed by atoms with Crippen LogP contribution in [-0.2, 0) is 0 Å². The van der Waals surface area contributed by atoms with Crippen LogP contribution in [0.25, 0.3) is 0 Å². The first-order chi connectivity index (χ1) is 3.41. The topological polar surface area (TPSA) is 0 Å². The van der Waals surface area contributed by atoms with Gasteiger partial charge in [0.1, 0.15) is 5.67 Å². The Morgan fingerprint density at radius 1 is 1.11 bits per heavy atom. The number of hydrogen-bond acceptors (Lipinski definition) is 0. The Balaban J connectivity index is 0.000000640. The predicted octanol–water partition coefficient (Wildman–Crippen LogP) is 2.69. The summed E-state index contributed by atoms with van der Waals surface area (Å²) in [5.74, 6) is 0. The van der Waals surface area contributed by atoms with Crippen LogP contribution in [0, 0.1) is 5.41 Å². The number of alkyl halides is 1. The van der Waals surface area contributed by atoms with Crippen LogP contribution in [0.2, 0.25) is 0 Å². The van der Waals surface area contributed by atoms with Crippen LogP contribution in [0.4, 0.5) is 9.09 Å². The molecule has 9 heavy (non-hydrogen) atoms. The molecule has 0 atom stereocenters. The van der Waals surface area contributed by atoms with E-state index >= 15 is 0 Å². The zero-order chi connectivity index (χ0) is 6.41. The summed E-state index contributed by atoms with van der Waals surface area (Å²) in [6.07, 6.45) is 1.47. The van der Waals surface area contributed by atoms with Gasteiger partial charge >= 0.3 is 0 Å². The average Bonchev–Trinajstić information content (AvgIpc) is 1.20. The third kappa shape index (κ3) is 1.92. The van der Waals surface area contributed by atoms with Gasteiger partial charge in [0, 0.05) is 0 Å². The van der Waals surface area contributed by atoms with Gasteiger partial charge in [-0.2, -0.15) is 0 Å². The molecule has 0 aromatic heterocycles. The molecule has 0 saturated heterocycles. The molecule has 2 heteroatoms. The van der Waals surface area contributed by atoms with Gasteiger partial charge in [-0.15, -0.1) is 0 Å². The van der Waals surface area contributed by atoms with E-state index in [2.05, 4.69) is 13.8 Å². The molecule has 0 aromatic rings. The van der Waals surface area contributed by atoms with Crippen molar-refractivity contribution in [3.63, 3.8) is 0 Å². The Labute approximate surface area is 54.8 Å². The van der Waals surface area contributed by atoms with Gasteiger partial charge in [0.25, 0.3) is 0 Å². The molecule has 0 radical (unpaired) electrons. The summed E-state index contributed by atoms with van der Waals surface area (Å²) in [4.78, 5) is 0. The summed E-state index contributed by atoms with van der Waals surface area (Å²) < 4.78 is 12.7.